The first-order chi connectivity index (χ1) is 13.1. The highest BCUT2D eigenvalue weighted by Gasteiger charge is 2.24. The molecule has 0 aromatic carbocycles. The summed E-state index contributed by atoms with van der Waals surface area (Å²) in [6, 6.07) is 0. The molecule has 10 heteroatoms. The van der Waals surface area contributed by atoms with E-state index in [0.717, 1.165) is 13.0 Å². The summed E-state index contributed by atoms with van der Waals surface area (Å²) in [4.78, 5) is 22.0. The summed E-state index contributed by atoms with van der Waals surface area (Å²) < 4.78 is 1.62. The van der Waals surface area contributed by atoms with Crippen molar-refractivity contribution in [1.29, 1.82) is 0 Å². The van der Waals surface area contributed by atoms with Crippen molar-refractivity contribution in [3.8, 4) is 0 Å². The van der Waals surface area contributed by atoms with E-state index in [1.54, 1.807) is 22.0 Å². The van der Waals surface area contributed by atoms with Gasteiger partial charge in [-0.1, -0.05) is 18.2 Å². The molecule has 3 rings (SSSR count). The van der Waals surface area contributed by atoms with Gasteiger partial charge in [0.2, 0.25) is 11.9 Å². The van der Waals surface area contributed by atoms with Crippen molar-refractivity contribution in [2.75, 3.05) is 36.9 Å². The van der Waals surface area contributed by atoms with E-state index in [2.05, 4.69) is 32.3 Å². The van der Waals surface area contributed by atoms with Gasteiger partial charge in [0, 0.05) is 25.8 Å². The normalized spacial score (nSPS) is 16.4. The van der Waals surface area contributed by atoms with Crippen LogP contribution in [0.1, 0.15) is 6.42 Å². The van der Waals surface area contributed by atoms with Crippen molar-refractivity contribution in [2.45, 2.75) is 13.0 Å². The number of aliphatic hydroxyl groups excluding tert-OH is 1. The molecule has 9 nitrogen and oxygen atoms in total. The molecule has 1 amide bonds. The standard InChI is InChI=1S/C17H22ClN7O2/c1-2-15(27)24-4-3-12(10-24)7-19-16-14(18)9-20-17(23-16)22-13-8-21-25(11-13)5-6-26/h2,8-9,11-12,26H,1,3-7,10H2,(H2,19,20,22,23). The summed E-state index contributed by atoms with van der Waals surface area (Å²) in [5.74, 6) is 1.21. The molecule has 1 atom stereocenters. The second-order valence-electron chi connectivity index (χ2n) is 6.25. The molecular weight excluding hydrogens is 370 g/mol. The van der Waals surface area contributed by atoms with Crippen molar-refractivity contribution in [1.82, 2.24) is 24.6 Å². The van der Waals surface area contributed by atoms with Crippen LogP contribution in [0, 0.1) is 5.92 Å². The Morgan fingerprint density at radius 2 is 2.33 bits per heavy atom. The molecule has 0 saturated carbocycles. The number of nitrogens with zero attached hydrogens (tertiary/aromatic N) is 5. The lowest BCUT2D eigenvalue weighted by Gasteiger charge is -2.15. The Labute approximate surface area is 162 Å². The molecule has 2 aromatic rings. The SMILES string of the molecule is C=CC(=O)N1CCC(CNc2nc(Nc3cnn(CCO)c3)ncc2Cl)C1. The van der Waals surface area contributed by atoms with Crippen molar-refractivity contribution < 1.29 is 9.90 Å². The van der Waals surface area contributed by atoms with E-state index < -0.39 is 0 Å². The topological polar surface area (TPSA) is 108 Å². The fraction of sp³-hybridized carbons (Fsp3) is 0.412. The predicted molar refractivity (Wildman–Crippen MR) is 103 cm³/mol. The Morgan fingerprint density at radius 3 is 3.11 bits per heavy atom. The molecule has 0 spiro atoms. The first kappa shape index (κ1) is 19.1. The predicted octanol–water partition coefficient (Wildman–Crippen LogP) is 1.51. The monoisotopic (exact) mass is 391 g/mol. The Hall–Kier alpha value is -2.65. The number of halogens is 1. The largest absolute Gasteiger partial charge is 0.394 e. The number of anilines is 3. The third kappa shape index (κ3) is 4.95. The second kappa shape index (κ2) is 8.83. The summed E-state index contributed by atoms with van der Waals surface area (Å²) in [6.45, 7) is 6.05. The van der Waals surface area contributed by atoms with Crippen LogP contribution in [0.4, 0.5) is 17.5 Å². The maximum absolute atomic E-state index is 11.7. The van der Waals surface area contributed by atoms with Crippen LogP contribution in [0.3, 0.4) is 0 Å². The number of nitrogens with one attached hydrogen (secondary N) is 2. The molecule has 144 valence electrons. The Kier molecular flexibility index (Phi) is 6.25. The van der Waals surface area contributed by atoms with Gasteiger partial charge >= 0.3 is 0 Å². The molecule has 1 aliphatic heterocycles. The number of likely N-dealkylation sites (tertiary alicyclic amines) is 1. The van der Waals surface area contributed by atoms with Crippen LogP contribution < -0.4 is 10.6 Å². The van der Waals surface area contributed by atoms with Crippen LogP contribution in [-0.2, 0) is 11.3 Å². The Balaban J connectivity index is 1.58. The third-order valence-corrected chi connectivity index (χ3v) is 4.57. The lowest BCUT2D eigenvalue weighted by molar-refractivity contribution is -0.125. The number of carbonyl (C=O) groups excluding carboxylic acids is 1. The van der Waals surface area contributed by atoms with Crippen LogP contribution in [0.25, 0.3) is 0 Å². The molecule has 0 radical (unpaired) electrons. The van der Waals surface area contributed by atoms with Gasteiger partial charge in [-0.15, -0.1) is 0 Å². The highest BCUT2D eigenvalue weighted by Crippen LogP contribution is 2.23. The van der Waals surface area contributed by atoms with Gasteiger partial charge in [-0.05, 0) is 18.4 Å². The molecule has 27 heavy (non-hydrogen) atoms. The summed E-state index contributed by atoms with van der Waals surface area (Å²) in [5, 5.41) is 19.8. The lowest BCUT2D eigenvalue weighted by Crippen LogP contribution is -2.28. The van der Waals surface area contributed by atoms with Crippen LogP contribution in [0.2, 0.25) is 5.02 Å². The van der Waals surface area contributed by atoms with E-state index in [4.69, 9.17) is 16.7 Å². The number of carbonyl (C=O) groups is 1. The average molecular weight is 392 g/mol. The van der Waals surface area contributed by atoms with Gasteiger partial charge in [0.25, 0.3) is 0 Å². The van der Waals surface area contributed by atoms with Gasteiger partial charge < -0.3 is 20.6 Å². The Morgan fingerprint density at radius 1 is 1.48 bits per heavy atom. The fourth-order valence-electron chi connectivity index (χ4n) is 2.90. The summed E-state index contributed by atoms with van der Waals surface area (Å²) in [5.41, 5.74) is 0.714. The first-order valence-corrected chi connectivity index (χ1v) is 9.05. The molecule has 1 aliphatic rings. The number of aromatic nitrogens is 4. The number of rotatable bonds is 8. The summed E-state index contributed by atoms with van der Waals surface area (Å²) in [7, 11) is 0. The number of amides is 1. The van der Waals surface area contributed by atoms with Crippen LogP contribution >= 0.6 is 11.6 Å². The van der Waals surface area contributed by atoms with Crippen LogP contribution in [0.5, 0.6) is 0 Å². The van der Waals surface area contributed by atoms with Gasteiger partial charge in [0.1, 0.15) is 5.02 Å². The minimum Gasteiger partial charge on any atom is -0.394 e. The van der Waals surface area contributed by atoms with Gasteiger partial charge in [0.05, 0.1) is 31.2 Å². The minimum atomic E-state index is -0.0363. The maximum Gasteiger partial charge on any atom is 0.245 e. The molecule has 1 saturated heterocycles. The smallest absolute Gasteiger partial charge is 0.245 e. The molecular formula is C17H22ClN7O2. The zero-order chi connectivity index (χ0) is 19.2. The highest BCUT2D eigenvalue weighted by molar-refractivity contribution is 6.32. The lowest BCUT2D eigenvalue weighted by atomic mass is 10.1. The van der Waals surface area contributed by atoms with E-state index in [9.17, 15) is 4.79 Å². The maximum atomic E-state index is 11.7. The Bertz CT molecular complexity index is 810. The van der Waals surface area contributed by atoms with E-state index in [0.29, 0.717) is 48.0 Å². The summed E-state index contributed by atoms with van der Waals surface area (Å²) >= 11 is 6.19. The van der Waals surface area contributed by atoms with E-state index in [1.165, 1.54) is 12.3 Å². The van der Waals surface area contributed by atoms with E-state index in [1.807, 2.05) is 0 Å². The zero-order valence-corrected chi connectivity index (χ0v) is 15.6. The van der Waals surface area contributed by atoms with E-state index in [-0.39, 0.29) is 12.5 Å². The second-order valence-corrected chi connectivity index (χ2v) is 6.66. The number of aliphatic hydroxyl groups is 1. The summed E-state index contributed by atoms with van der Waals surface area (Å²) in [6.07, 6.45) is 7.18. The molecule has 0 bridgehead atoms. The average Bonchev–Trinajstić information content (AvgIpc) is 3.31. The van der Waals surface area contributed by atoms with Crippen molar-refractivity contribution in [3.05, 3.63) is 36.3 Å². The number of hydrogen-bond acceptors (Lipinski definition) is 7. The third-order valence-electron chi connectivity index (χ3n) is 4.29. The molecule has 1 unspecified atom stereocenters. The molecule has 0 aliphatic carbocycles. The van der Waals surface area contributed by atoms with Gasteiger partial charge in [-0.2, -0.15) is 10.1 Å². The zero-order valence-electron chi connectivity index (χ0n) is 14.8. The molecule has 3 N–H and O–H groups in total. The fourth-order valence-corrected chi connectivity index (χ4v) is 3.06. The van der Waals surface area contributed by atoms with Gasteiger partial charge in [-0.3, -0.25) is 9.48 Å². The molecule has 1 fully saturated rings. The van der Waals surface area contributed by atoms with Crippen LogP contribution in [0.15, 0.2) is 31.2 Å². The van der Waals surface area contributed by atoms with Crippen molar-refractivity contribution in [2.24, 2.45) is 5.92 Å². The van der Waals surface area contributed by atoms with Crippen LogP contribution in [-0.4, -0.2) is 61.9 Å². The first-order valence-electron chi connectivity index (χ1n) is 8.67. The van der Waals surface area contributed by atoms with Crippen molar-refractivity contribution >= 4 is 35.0 Å². The van der Waals surface area contributed by atoms with Gasteiger partial charge in [-0.25, -0.2) is 4.98 Å². The molecule has 2 aromatic heterocycles. The van der Waals surface area contributed by atoms with Crippen molar-refractivity contribution in [3.63, 3.8) is 0 Å². The van der Waals surface area contributed by atoms with Gasteiger partial charge in [0.15, 0.2) is 5.82 Å². The quantitative estimate of drug-likeness (QED) is 0.585. The number of hydrogen-bond donors (Lipinski definition) is 3. The highest BCUT2D eigenvalue weighted by atomic mass is 35.5. The molecule has 3 heterocycles. The van der Waals surface area contributed by atoms with E-state index >= 15 is 0 Å². The minimum absolute atomic E-state index is 0.0175.